The molecule has 2 aromatic rings. The molecule has 0 bridgehead atoms. The molecule has 2 amide bonds. The standard InChI is InChI=1S/C23H26N2O4/c1-2-13-24-20(26)17-7-6-8-18(16-17)21(27)25-14-11-23(12-15-25,22(28)29)19-9-4-3-5-10-19/h3-10,16H,2,11-15H2,1H3,(H,24,26)(H,28,29). The van der Waals surface area contributed by atoms with E-state index >= 15 is 0 Å². The molecule has 2 aromatic carbocycles. The first-order valence-corrected chi connectivity index (χ1v) is 9.94. The predicted octanol–water partition coefficient (Wildman–Crippen LogP) is 3.09. The van der Waals surface area contributed by atoms with Crippen molar-refractivity contribution in [1.82, 2.24) is 10.2 Å². The lowest BCUT2D eigenvalue weighted by Crippen LogP contribution is -2.49. The SMILES string of the molecule is CCCNC(=O)c1cccc(C(=O)N2CCC(C(=O)O)(c3ccccc3)CC2)c1. The number of nitrogens with one attached hydrogen (secondary N) is 1. The molecular formula is C23H26N2O4. The topological polar surface area (TPSA) is 86.7 Å². The van der Waals surface area contributed by atoms with Crippen molar-refractivity contribution in [2.75, 3.05) is 19.6 Å². The van der Waals surface area contributed by atoms with Crippen LogP contribution in [0.3, 0.4) is 0 Å². The summed E-state index contributed by atoms with van der Waals surface area (Å²) in [5.41, 5.74) is 0.691. The number of carboxylic acids is 1. The van der Waals surface area contributed by atoms with Crippen LogP contribution in [-0.4, -0.2) is 47.4 Å². The Hall–Kier alpha value is -3.15. The molecule has 1 aliphatic heterocycles. The molecule has 3 rings (SSSR count). The quantitative estimate of drug-likeness (QED) is 0.788. The summed E-state index contributed by atoms with van der Waals surface area (Å²) in [6, 6.07) is 15.9. The zero-order valence-corrected chi connectivity index (χ0v) is 16.6. The number of likely N-dealkylation sites (tertiary alicyclic amines) is 1. The average molecular weight is 394 g/mol. The maximum Gasteiger partial charge on any atom is 0.314 e. The Morgan fingerprint density at radius 2 is 1.66 bits per heavy atom. The lowest BCUT2D eigenvalue weighted by atomic mass is 9.72. The molecule has 0 spiro atoms. The van der Waals surface area contributed by atoms with Crippen LogP contribution in [0.25, 0.3) is 0 Å². The van der Waals surface area contributed by atoms with Crippen LogP contribution < -0.4 is 5.32 Å². The zero-order valence-electron chi connectivity index (χ0n) is 16.6. The molecule has 0 unspecified atom stereocenters. The van der Waals surface area contributed by atoms with Gasteiger partial charge in [-0.1, -0.05) is 43.3 Å². The number of rotatable bonds is 6. The van der Waals surface area contributed by atoms with Gasteiger partial charge in [-0.15, -0.1) is 0 Å². The van der Waals surface area contributed by atoms with Gasteiger partial charge in [0.15, 0.2) is 0 Å². The molecule has 1 saturated heterocycles. The highest BCUT2D eigenvalue weighted by atomic mass is 16.4. The summed E-state index contributed by atoms with van der Waals surface area (Å²) in [6.45, 7) is 3.27. The normalized spacial score (nSPS) is 15.6. The molecule has 0 aliphatic carbocycles. The van der Waals surface area contributed by atoms with Crippen molar-refractivity contribution in [3.63, 3.8) is 0 Å². The Balaban J connectivity index is 1.73. The van der Waals surface area contributed by atoms with Crippen LogP contribution >= 0.6 is 0 Å². The molecule has 1 aliphatic rings. The maximum atomic E-state index is 13.0. The van der Waals surface area contributed by atoms with E-state index in [9.17, 15) is 19.5 Å². The molecule has 1 heterocycles. The van der Waals surface area contributed by atoms with Gasteiger partial charge in [0.1, 0.15) is 0 Å². The number of carbonyl (C=O) groups excluding carboxylic acids is 2. The lowest BCUT2D eigenvalue weighted by Gasteiger charge is -2.39. The van der Waals surface area contributed by atoms with Gasteiger partial charge in [-0.05, 0) is 43.0 Å². The summed E-state index contributed by atoms with van der Waals surface area (Å²) in [7, 11) is 0. The van der Waals surface area contributed by atoms with Crippen molar-refractivity contribution in [3.05, 3.63) is 71.3 Å². The van der Waals surface area contributed by atoms with E-state index in [0.29, 0.717) is 43.6 Å². The molecule has 0 aromatic heterocycles. The van der Waals surface area contributed by atoms with Gasteiger partial charge in [0.25, 0.3) is 11.8 Å². The van der Waals surface area contributed by atoms with Crippen molar-refractivity contribution >= 4 is 17.8 Å². The van der Waals surface area contributed by atoms with Crippen molar-refractivity contribution < 1.29 is 19.5 Å². The van der Waals surface area contributed by atoms with Gasteiger partial charge in [0, 0.05) is 30.8 Å². The van der Waals surface area contributed by atoms with Crippen molar-refractivity contribution in [2.45, 2.75) is 31.6 Å². The lowest BCUT2D eigenvalue weighted by molar-refractivity contribution is -0.145. The number of carboxylic acid groups (broad SMARTS) is 1. The Morgan fingerprint density at radius 1 is 1.00 bits per heavy atom. The maximum absolute atomic E-state index is 13.0. The van der Waals surface area contributed by atoms with Gasteiger partial charge in [-0.25, -0.2) is 0 Å². The van der Waals surface area contributed by atoms with Crippen molar-refractivity contribution in [3.8, 4) is 0 Å². The van der Waals surface area contributed by atoms with E-state index in [1.54, 1.807) is 29.2 Å². The summed E-state index contributed by atoms with van der Waals surface area (Å²) in [6.07, 6.45) is 1.55. The number of aliphatic carboxylic acids is 1. The van der Waals surface area contributed by atoms with Gasteiger partial charge in [-0.2, -0.15) is 0 Å². The third-order valence-corrected chi connectivity index (χ3v) is 5.55. The summed E-state index contributed by atoms with van der Waals surface area (Å²) in [5, 5.41) is 12.7. The van der Waals surface area contributed by atoms with Crippen LogP contribution in [0.1, 0.15) is 52.5 Å². The van der Waals surface area contributed by atoms with Gasteiger partial charge < -0.3 is 15.3 Å². The van der Waals surface area contributed by atoms with E-state index in [1.807, 2.05) is 37.3 Å². The van der Waals surface area contributed by atoms with Crippen LogP contribution in [0.2, 0.25) is 0 Å². The third kappa shape index (κ3) is 4.31. The Bertz CT molecular complexity index is 887. The molecule has 0 saturated carbocycles. The molecule has 2 N–H and O–H groups in total. The molecule has 0 radical (unpaired) electrons. The van der Waals surface area contributed by atoms with E-state index in [0.717, 1.165) is 12.0 Å². The van der Waals surface area contributed by atoms with E-state index in [1.165, 1.54) is 0 Å². The summed E-state index contributed by atoms with van der Waals surface area (Å²) < 4.78 is 0. The molecule has 29 heavy (non-hydrogen) atoms. The van der Waals surface area contributed by atoms with Gasteiger partial charge in [0.2, 0.25) is 0 Å². The number of carbonyl (C=O) groups is 3. The van der Waals surface area contributed by atoms with Crippen molar-refractivity contribution in [2.24, 2.45) is 0 Å². The number of hydrogen-bond donors (Lipinski definition) is 2. The predicted molar refractivity (Wildman–Crippen MR) is 110 cm³/mol. The van der Waals surface area contributed by atoms with E-state index in [-0.39, 0.29) is 11.8 Å². The first-order valence-electron chi connectivity index (χ1n) is 9.94. The first kappa shape index (κ1) is 20.6. The fourth-order valence-corrected chi connectivity index (χ4v) is 3.79. The Kier molecular flexibility index (Phi) is 6.32. The third-order valence-electron chi connectivity index (χ3n) is 5.55. The van der Waals surface area contributed by atoms with E-state index in [2.05, 4.69) is 5.32 Å². The number of hydrogen-bond acceptors (Lipinski definition) is 3. The minimum absolute atomic E-state index is 0.179. The van der Waals surface area contributed by atoms with Crippen LogP contribution in [0.4, 0.5) is 0 Å². The molecule has 6 nitrogen and oxygen atoms in total. The monoisotopic (exact) mass is 394 g/mol. The number of benzene rings is 2. The van der Waals surface area contributed by atoms with Gasteiger partial charge >= 0.3 is 5.97 Å². The fourth-order valence-electron chi connectivity index (χ4n) is 3.79. The molecule has 1 fully saturated rings. The van der Waals surface area contributed by atoms with Crippen LogP contribution in [0.15, 0.2) is 54.6 Å². The molecule has 152 valence electrons. The second-order valence-electron chi connectivity index (χ2n) is 7.38. The smallest absolute Gasteiger partial charge is 0.314 e. The Labute approximate surface area is 170 Å². The average Bonchev–Trinajstić information content (AvgIpc) is 2.77. The summed E-state index contributed by atoms with van der Waals surface area (Å²) in [5.74, 6) is -1.23. The minimum atomic E-state index is -0.972. The minimum Gasteiger partial charge on any atom is -0.481 e. The van der Waals surface area contributed by atoms with Gasteiger partial charge in [-0.3, -0.25) is 14.4 Å². The second kappa shape index (κ2) is 8.90. The Morgan fingerprint density at radius 3 is 2.28 bits per heavy atom. The molecule has 0 atom stereocenters. The van der Waals surface area contributed by atoms with Crippen molar-refractivity contribution in [1.29, 1.82) is 0 Å². The van der Waals surface area contributed by atoms with E-state index < -0.39 is 11.4 Å². The highest BCUT2D eigenvalue weighted by Gasteiger charge is 2.43. The highest BCUT2D eigenvalue weighted by Crippen LogP contribution is 2.36. The first-order chi connectivity index (χ1) is 14.0. The van der Waals surface area contributed by atoms with Crippen LogP contribution in [-0.2, 0) is 10.2 Å². The summed E-state index contributed by atoms with van der Waals surface area (Å²) in [4.78, 5) is 38.9. The fraction of sp³-hybridized carbons (Fsp3) is 0.348. The molecular weight excluding hydrogens is 368 g/mol. The second-order valence-corrected chi connectivity index (χ2v) is 7.38. The van der Waals surface area contributed by atoms with Crippen LogP contribution in [0, 0.1) is 0 Å². The number of piperidine rings is 1. The van der Waals surface area contributed by atoms with Gasteiger partial charge in [0.05, 0.1) is 5.41 Å². The van der Waals surface area contributed by atoms with E-state index in [4.69, 9.17) is 0 Å². The zero-order chi connectivity index (χ0) is 20.9. The highest BCUT2D eigenvalue weighted by molar-refractivity contribution is 5.99. The molecule has 6 heteroatoms. The largest absolute Gasteiger partial charge is 0.481 e. The van der Waals surface area contributed by atoms with Crippen LogP contribution in [0.5, 0.6) is 0 Å². The number of amides is 2. The number of nitrogens with zero attached hydrogens (tertiary/aromatic N) is 1. The summed E-state index contributed by atoms with van der Waals surface area (Å²) >= 11 is 0.